The van der Waals surface area contributed by atoms with Crippen molar-refractivity contribution in [2.24, 2.45) is 0 Å². The van der Waals surface area contributed by atoms with Gasteiger partial charge in [0.25, 0.3) is 0 Å². The maximum Gasteiger partial charge on any atom is 0.166 e. The molecule has 2 aromatic rings. The van der Waals surface area contributed by atoms with Crippen molar-refractivity contribution in [1.82, 2.24) is 9.78 Å². The number of nitrogens with zero attached hydrogens (tertiary/aromatic N) is 2. The van der Waals surface area contributed by atoms with Crippen molar-refractivity contribution in [2.45, 2.75) is 45.1 Å². The van der Waals surface area contributed by atoms with Crippen LogP contribution in [0.15, 0.2) is 36.5 Å². The maximum absolute atomic E-state index is 12.0. The summed E-state index contributed by atoms with van der Waals surface area (Å²) in [6.45, 7) is 0.900. The molecule has 1 aliphatic rings. The SMILES string of the molecule is O=C1CCCCc2c1cnn2CCCc1ccccc1. The lowest BCUT2D eigenvalue weighted by Crippen LogP contribution is -2.07. The molecule has 3 rings (SSSR count). The molecular formula is C17H20N2O. The van der Waals surface area contributed by atoms with Crippen LogP contribution in [-0.2, 0) is 19.4 Å². The van der Waals surface area contributed by atoms with Crippen LogP contribution in [-0.4, -0.2) is 15.6 Å². The third kappa shape index (κ3) is 2.82. The van der Waals surface area contributed by atoms with E-state index in [0.717, 1.165) is 49.9 Å². The van der Waals surface area contributed by atoms with Crippen LogP contribution in [0.25, 0.3) is 0 Å². The van der Waals surface area contributed by atoms with Gasteiger partial charge in [-0.25, -0.2) is 0 Å². The summed E-state index contributed by atoms with van der Waals surface area (Å²) in [6, 6.07) is 10.5. The third-order valence-corrected chi connectivity index (χ3v) is 3.99. The van der Waals surface area contributed by atoms with Crippen LogP contribution in [0.2, 0.25) is 0 Å². The molecule has 3 heteroatoms. The average molecular weight is 268 g/mol. The lowest BCUT2D eigenvalue weighted by atomic mass is 10.1. The van der Waals surface area contributed by atoms with Crippen LogP contribution in [0.4, 0.5) is 0 Å². The Labute approximate surface area is 119 Å². The highest BCUT2D eigenvalue weighted by atomic mass is 16.1. The predicted octanol–water partition coefficient (Wildman–Crippen LogP) is 3.43. The van der Waals surface area contributed by atoms with Crippen molar-refractivity contribution in [2.75, 3.05) is 0 Å². The fourth-order valence-electron chi connectivity index (χ4n) is 2.89. The Hall–Kier alpha value is -1.90. The van der Waals surface area contributed by atoms with E-state index >= 15 is 0 Å². The summed E-state index contributed by atoms with van der Waals surface area (Å²) in [4.78, 5) is 12.0. The molecule has 1 aliphatic carbocycles. The van der Waals surface area contributed by atoms with E-state index in [1.54, 1.807) is 6.20 Å². The second-order valence-electron chi connectivity index (χ2n) is 5.45. The number of fused-ring (bicyclic) bond motifs is 1. The van der Waals surface area contributed by atoms with Crippen molar-refractivity contribution in [3.63, 3.8) is 0 Å². The molecule has 0 radical (unpaired) electrons. The highest BCUT2D eigenvalue weighted by Crippen LogP contribution is 2.20. The van der Waals surface area contributed by atoms with Gasteiger partial charge in [0.15, 0.2) is 5.78 Å². The number of hydrogen-bond acceptors (Lipinski definition) is 2. The van der Waals surface area contributed by atoms with Gasteiger partial charge in [-0.05, 0) is 37.7 Å². The van der Waals surface area contributed by atoms with E-state index in [1.165, 1.54) is 5.56 Å². The predicted molar refractivity (Wildman–Crippen MR) is 78.9 cm³/mol. The third-order valence-electron chi connectivity index (χ3n) is 3.99. The quantitative estimate of drug-likeness (QED) is 0.796. The number of aryl methyl sites for hydroxylation is 2. The van der Waals surface area contributed by atoms with Crippen LogP contribution in [0.3, 0.4) is 0 Å². The zero-order valence-corrected chi connectivity index (χ0v) is 11.7. The number of carbonyl (C=O) groups excluding carboxylic acids is 1. The lowest BCUT2D eigenvalue weighted by molar-refractivity contribution is 0.0982. The highest BCUT2D eigenvalue weighted by Gasteiger charge is 2.19. The smallest absolute Gasteiger partial charge is 0.166 e. The Morgan fingerprint density at radius 3 is 2.75 bits per heavy atom. The molecule has 1 aromatic heterocycles. The maximum atomic E-state index is 12.0. The summed E-state index contributed by atoms with van der Waals surface area (Å²) in [7, 11) is 0. The number of hydrogen-bond donors (Lipinski definition) is 0. The zero-order valence-electron chi connectivity index (χ0n) is 11.7. The van der Waals surface area contributed by atoms with Crippen molar-refractivity contribution in [3.8, 4) is 0 Å². The fraction of sp³-hybridized carbons (Fsp3) is 0.412. The lowest BCUT2D eigenvalue weighted by Gasteiger charge is -2.07. The van der Waals surface area contributed by atoms with Crippen LogP contribution in [0.1, 0.15) is 47.3 Å². The van der Waals surface area contributed by atoms with Gasteiger partial charge < -0.3 is 0 Å². The first-order valence-electron chi connectivity index (χ1n) is 7.46. The molecule has 104 valence electrons. The molecule has 0 N–H and O–H groups in total. The number of benzene rings is 1. The Balaban J connectivity index is 1.65. The van der Waals surface area contributed by atoms with Gasteiger partial charge in [0.2, 0.25) is 0 Å². The molecule has 0 atom stereocenters. The molecule has 0 bridgehead atoms. The van der Waals surface area contributed by atoms with Crippen molar-refractivity contribution in [1.29, 1.82) is 0 Å². The number of Topliss-reactive ketones (excluding diaryl/α,β-unsaturated/α-hetero) is 1. The first-order chi connectivity index (χ1) is 9.84. The van der Waals surface area contributed by atoms with E-state index < -0.39 is 0 Å². The average Bonchev–Trinajstić information content (AvgIpc) is 2.78. The molecule has 0 spiro atoms. The number of rotatable bonds is 4. The minimum Gasteiger partial charge on any atom is -0.294 e. The molecule has 0 unspecified atom stereocenters. The minimum absolute atomic E-state index is 0.270. The van der Waals surface area contributed by atoms with Gasteiger partial charge in [-0.15, -0.1) is 0 Å². The van der Waals surface area contributed by atoms with E-state index in [4.69, 9.17) is 0 Å². The molecule has 0 saturated heterocycles. The molecule has 0 aliphatic heterocycles. The fourth-order valence-corrected chi connectivity index (χ4v) is 2.89. The molecule has 0 saturated carbocycles. The Morgan fingerprint density at radius 2 is 1.90 bits per heavy atom. The van der Waals surface area contributed by atoms with Gasteiger partial charge in [0.1, 0.15) is 0 Å². The number of aromatic nitrogens is 2. The van der Waals surface area contributed by atoms with Gasteiger partial charge in [-0.1, -0.05) is 30.3 Å². The molecule has 1 heterocycles. The summed E-state index contributed by atoms with van der Waals surface area (Å²) in [6.07, 6.45) is 7.68. The van der Waals surface area contributed by atoms with E-state index in [2.05, 4.69) is 29.4 Å². The van der Waals surface area contributed by atoms with Crippen molar-refractivity contribution in [3.05, 3.63) is 53.3 Å². The summed E-state index contributed by atoms with van der Waals surface area (Å²) < 4.78 is 2.04. The molecule has 3 nitrogen and oxygen atoms in total. The minimum atomic E-state index is 0.270. The van der Waals surface area contributed by atoms with E-state index in [0.29, 0.717) is 6.42 Å². The Bertz CT molecular complexity index is 586. The summed E-state index contributed by atoms with van der Waals surface area (Å²) >= 11 is 0. The van der Waals surface area contributed by atoms with Crippen LogP contribution >= 0.6 is 0 Å². The van der Waals surface area contributed by atoms with Gasteiger partial charge in [0, 0.05) is 18.7 Å². The summed E-state index contributed by atoms with van der Waals surface area (Å²) in [5.41, 5.74) is 3.38. The van der Waals surface area contributed by atoms with E-state index in [1.807, 2.05) is 10.7 Å². The van der Waals surface area contributed by atoms with Gasteiger partial charge >= 0.3 is 0 Å². The van der Waals surface area contributed by atoms with Gasteiger partial charge in [-0.2, -0.15) is 5.10 Å². The molecule has 0 amide bonds. The highest BCUT2D eigenvalue weighted by molar-refractivity contribution is 5.97. The van der Waals surface area contributed by atoms with Crippen LogP contribution in [0.5, 0.6) is 0 Å². The summed E-state index contributed by atoms with van der Waals surface area (Å²) in [5, 5.41) is 4.42. The summed E-state index contributed by atoms with van der Waals surface area (Å²) in [5.74, 6) is 0.270. The normalized spacial score (nSPS) is 14.9. The zero-order chi connectivity index (χ0) is 13.8. The molecule has 1 aromatic carbocycles. The Kier molecular flexibility index (Phi) is 3.95. The molecular weight excluding hydrogens is 248 g/mol. The standard InChI is InChI=1S/C17H20N2O/c20-17-11-5-4-10-16-15(17)13-18-19(16)12-6-9-14-7-2-1-3-8-14/h1-3,7-8,13H,4-6,9-12H2. The van der Waals surface area contributed by atoms with Crippen molar-refractivity contribution >= 4 is 5.78 Å². The Morgan fingerprint density at radius 1 is 1.10 bits per heavy atom. The largest absolute Gasteiger partial charge is 0.294 e. The molecule has 0 fully saturated rings. The van der Waals surface area contributed by atoms with Crippen LogP contribution in [0, 0.1) is 0 Å². The second-order valence-corrected chi connectivity index (χ2v) is 5.45. The topological polar surface area (TPSA) is 34.9 Å². The van der Waals surface area contributed by atoms with Crippen LogP contribution < -0.4 is 0 Å². The first kappa shape index (κ1) is 13.1. The first-order valence-corrected chi connectivity index (χ1v) is 7.46. The second kappa shape index (κ2) is 6.04. The monoisotopic (exact) mass is 268 g/mol. The van der Waals surface area contributed by atoms with Gasteiger partial charge in [-0.3, -0.25) is 9.48 Å². The van der Waals surface area contributed by atoms with E-state index in [-0.39, 0.29) is 5.78 Å². The molecule has 20 heavy (non-hydrogen) atoms. The number of ketones is 1. The van der Waals surface area contributed by atoms with Gasteiger partial charge in [0.05, 0.1) is 11.8 Å². The van der Waals surface area contributed by atoms with E-state index in [9.17, 15) is 4.79 Å². The number of carbonyl (C=O) groups is 1. The van der Waals surface area contributed by atoms with Crippen molar-refractivity contribution < 1.29 is 4.79 Å².